The van der Waals surface area contributed by atoms with Crippen LogP contribution in [0, 0.1) is 11.8 Å². The third-order valence-corrected chi connectivity index (χ3v) is 12.1. The van der Waals surface area contributed by atoms with Gasteiger partial charge in [-0.3, -0.25) is 43.5 Å². The van der Waals surface area contributed by atoms with E-state index in [0.29, 0.717) is 37.8 Å². The Morgan fingerprint density at radius 1 is 0.691 bits per heavy atom. The lowest BCUT2D eigenvalue weighted by atomic mass is 9.96. The van der Waals surface area contributed by atoms with Crippen LogP contribution in [-0.2, 0) is 44.8 Å². The summed E-state index contributed by atoms with van der Waals surface area (Å²) in [5, 5.41) is 33.4. The van der Waals surface area contributed by atoms with Gasteiger partial charge in [0.2, 0.25) is 41.4 Å². The summed E-state index contributed by atoms with van der Waals surface area (Å²) >= 11 is 0. The second-order valence-electron chi connectivity index (χ2n) is 17.9. The Labute approximate surface area is 397 Å². The molecule has 2 fully saturated rings. The highest BCUT2D eigenvalue weighted by Gasteiger charge is 2.41. The van der Waals surface area contributed by atoms with Gasteiger partial charge in [-0.25, -0.2) is 4.79 Å². The fourth-order valence-corrected chi connectivity index (χ4v) is 8.25. The molecule has 0 unspecified atom stereocenters. The standard InChI is InChI=1S/C45H73N13O10/c1-6-26(4)36(41(65)55-33(43(67)68)23-25(2)3)56-38(62)32(24-28-15-17-29(60)18-16-28)54-40(64)35-14-10-22-58(35)42(66)31(12-8-20-51-45(48)49)53-37(61)30(11-7-19-50-44(46)47)52-39(63)34-13-9-21-57(34)27(5)59/h15-18,25-26,30-36,60H,6-14,19-24H2,1-5H3,(H,52,63)(H,53,61)(H,54,64)(H,55,65)(H,56,62)(H,67,68)(H4,46,47,50)(H4,48,49,51)/t26-,30+,31+,32+,33+,34+,35+,36+/m1/s1. The number of phenols is 1. The second-order valence-corrected chi connectivity index (χ2v) is 17.9. The van der Waals surface area contributed by atoms with Gasteiger partial charge in [-0.1, -0.05) is 46.2 Å². The van der Waals surface area contributed by atoms with Crippen LogP contribution in [0.3, 0.4) is 0 Å². The molecule has 378 valence electrons. The minimum Gasteiger partial charge on any atom is -0.508 e. The molecule has 2 saturated heterocycles. The number of hydrogen-bond donors (Lipinski definition) is 11. The van der Waals surface area contributed by atoms with Gasteiger partial charge in [0.05, 0.1) is 0 Å². The molecule has 1 aromatic carbocycles. The van der Waals surface area contributed by atoms with E-state index in [1.165, 1.54) is 28.9 Å². The van der Waals surface area contributed by atoms with E-state index >= 15 is 0 Å². The van der Waals surface area contributed by atoms with Crippen LogP contribution in [0.2, 0.25) is 0 Å². The van der Waals surface area contributed by atoms with Crippen molar-refractivity contribution in [3.63, 3.8) is 0 Å². The zero-order valence-electron chi connectivity index (χ0n) is 39.9. The molecule has 0 radical (unpaired) electrons. The van der Waals surface area contributed by atoms with Crippen LogP contribution in [-0.4, -0.2) is 148 Å². The van der Waals surface area contributed by atoms with E-state index in [1.807, 2.05) is 20.8 Å². The molecule has 68 heavy (non-hydrogen) atoms. The van der Waals surface area contributed by atoms with E-state index in [2.05, 4.69) is 36.6 Å². The maximum Gasteiger partial charge on any atom is 0.326 e. The summed E-state index contributed by atoms with van der Waals surface area (Å²) in [7, 11) is 0. The summed E-state index contributed by atoms with van der Waals surface area (Å²) < 4.78 is 0. The molecular formula is C45H73N13O10. The van der Waals surface area contributed by atoms with E-state index in [1.54, 1.807) is 19.1 Å². The Morgan fingerprint density at radius 2 is 1.19 bits per heavy atom. The first-order valence-electron chi connectivity index (χ1n) is 23.3. The quantitative estimate of drug-likeness (QED) is 0.0291. The molecule has 2 aliphatic rings. The number of carboxylic acids is 1. The molecule has 2 heterocycles. The van der Waals surface area contributed by atoms with Gasteiger partial charge in [-0.2, -0.15) is 0 Å². The first kappa shape index (κ1) is 55.6. The van der Waals surface area contributed by atoms with Gasteiger partial charge in [0.1, 0.15) is 48.0 Å². The summed E-state index contributed by atoms with van der Waals surface area (Å²) in [6.07, 6.45) is 2.64. The number of guanidine groups is 2. The van der Waals surface area contributed by atoms with Gasteiger partial charge in [-0.15, -0.1) is 0 Å². The number of aliphatic carboxylic acids is 1. The number of amides is 7. The van der Waals surface area contributed by atoms with Crippen molar-refractivity contribution in [1.82, 2.24) is 36.4 Å². The van der Waals surface area contributed by atoms with Crippen molar-refractivity contribution in [1.29, 1.82) is 0 Å². The number of carbonyl (C=O) groups is 8. The van der Waals surface area contributed by atoms with Crippen LogP contribution in [0.5, 0.6) is 5.75 Å². The maximum atomic E-state index is 14.6. The SMILES string of the molecule is CC[C@@H](C)[C@H](NC(=O)[C@H](Cc1ccc(O)cc1)NC(=O)[C@@H]1CCCN1C(=O)[C@H](CCCN=C(N)N)NC(=O)[C@H](CCCN=C(N)N)NC(=O)[C@@H]1CCCN1C(C)=O)C(=O)N[C@@H](CC(C)C)C(=O)O. The Bertz CT molecular complexity index is 1970. The highest BCUT2D eigenvalue weighted by Crippen LogP contribution is 2.22. The predicted molar refractivity (Wildman–Crippen MR) is 253 cm³/mol. The Morgan fingerprint density at radius 3 is 1.71 bits per heavy atom. The number of nitrogens with one attached hydrogen (secondary N) is 5. The predicted octanol–water partition coefficient (Wildman–Crippen LogP) is -1.36. The van der Waals surface area contributed by atoms with E-state index in [9.17, 15) is 48.6 Å². The normalized spacial score (nSPS) is 18.2. The van der Waals surface area contributed by atoms with Crippen molar-refractivity contribution in [3.05, 3.63) is 29.8 Å². The van der Waals surface area contributed by atoms with Gasteiger partial charge < -0.3 is 69.5 Å². The number of carbonyl (C=O) groups excluding carboxylic acids is 7. The van der Waals surface area contributed by atoms with E-state index in [0.717, 1.165) is 0 Å². The first-order chi connectivity index (χ1) is 32.1. The highest BCUT2D eigenvalue weighted by molar-refractivity contribution is 5.98. The smallest absolute Gasteiger partial charge is 0.326 e. The van der Waals surface area contributed by atoms with Crippen LogP contribution in [0.4, 0.5) is 0 Å². The third kappa shape index (κ3) is 17.5. The fraction of sp³-hybridized carbons (Fsp3) is 0.644. The van der Waals surface area contributed by atoms with E-state index < -0.39 is 89.6 Å². The van der Waals surface area contributed by atoms with Crippen LogP contribution >= 0.6 is 0 Å². The highest BCUT2D eigenvalue weighted by atomic mass is 16.4. The number of likely N-dealkylation sites (tertiary alicyclic amines) is 2. The molecule has 0 spiro atoms. The number of aromatic hydroxyl groups is 1. The number of benzene rings is 1. The monoisotopic (exact) mass is 956 g/mol. The average Bonchev–Trinajstić information content (AvgIpc) is 3.98. The third-order valence-electron chi connectivity index (χ3n) is 12.1. The lowest BCUT2D eigenvalue weighted by Gasteiger charge is -2.31. The van der Waals surface area contributed by atoms with Gasteiger partial charge in [0, 0.05) is 39.5 Å². The van der Waals surface area contributed by atoms with E-state index in [-0.39, 0.29) is 94.1 Å². The molecule has 8 atom stereocenters. The second kappa shape index (κ2) is 27.2. The summed E-state index contributed by atoms with van der Waals surface area (Å²) in [6.45, 7) is 9.27. The molecule has 0 saturated carbocycles. The molecule has 1 aromatic rings. The Kier molecular flexibility index (Phi) is 22.3. The van der Waals surface area contributed by atoms with Crippen LogP contribution in [0.1, 0.15) is 104 Å². The lowest BCUT2D eigenvalue weighted by molar-refractivity contribution is -0.143. The van der Waals surface area contributed by atoms with Crippen LogP contribution in [0.15, 0.2) is 34.3 Å². The van der Waals surface area contributed by atoms with Gasteiger partial charge >= 0.3 is 5.97 Å². The van der Waals surface area contributed by atoms with Crippen molar-refractivity contribution in [2.24, 2.45) is 44.8 Å². The minimum atomic E-state index is -1.31. The van der Waals surface area contributed by atoms with Crippen molar-refractivity contribution in [2.75, 3.05) is 26.2 Å². The molecule has 23 nitrogen and oxygen atoms in total. The molecule has 7 amide bonds. The van der Waals surface area contributed by atoms with Crippen molar-refractivity contribution in [3.8, 4) is 5.75 Å². The summed E-state index contributed by atoms with van der Waals surface area (Å²) in [5.74, 6) is -6.41. The zero-order valence-corrected chi connectivity index (χ0v) is 39.9. The number of nitrogens with two attached hydrogens (primary N) is 4. The van der Waals surface area contributed by atoms with Crippen molar-refractivity contribution >= 4 is 59.2 Å². The summed E-state index contributed by atoms with van der Waals surface area (Å²) in [4.78, 5) is 120. The van der Waals surface area contributed by atoms with Gasteiger partial charge in [0.25, 0.3) is 0 Å². The zero-order chi connectivity index (χ0) is 50.7. The van der Waals surface area contributed by atoms with E-state index in [4.69, 9.17) is 22.9 Å². The summed E-state index contributed by atoms with van der Waals surface area (Å²) in [6, 6.07) is -2.06. The van der Waals surface area contributed by atoms with Crippen LogP contribution < -0.4 is 49.5 Å². The van der Waals surface area contributed by atoms with Crippen LogP contribution in [0.25, 0.3) is 0 Å². The molecule has 2 aliphatic heterocycles. The lowest BCUT2D eigenvalue weighted by Crippen LogP contribution is -2.60. The van der Waals surface area contributed by atoms with Gasteiger partial charge in [-0.05, 0) is 87.3 Å². The topological polar surface area (TPSA) is 372 Å². The Hall–Kier alpha value is -6.68. The number of carboxylic acid groups (broad SMARTS) is 1. The first-order valence-corrected chi connectivity index (χ1v) is 23.3. The molecule has 23 heteroatoms. The minimum absolute atomic E-state index is 0.0203. The molecule has 3 rings (SSSR count). The Balaban J connectivity index is 1.92. The summed E-state index contributed by atoms with van der Waals surface area (Å²) in [5.41, 5.74) is 22.6. The number of nitrogens with zero attached hydrogens (tertiary/aromatic N) is 4. The van der Waals surface area contributed by atoms with Crippen molar-refractivity contribution < 1.29 is 48.6 Å². The number of phenolic OH excluding ortho intramolecular Hbond substituents is 1. The average molecular weight is 956 g/mol. The molecule has 0 bridgehead atoms. The van der Waals surface area contributed by atoms with Crippen molar-refractivity contribution in [2.45, 2.75) is 148 Å². The maximum absolute atomic E-state index is 14.6. The fourth-order valence-electron chi connectivity index (χ4n) is 8.25. The molecular weight excluding hydrogens is 883 g/mol. The van der Waals surface area contributed by atoms with Gasteiger partial charge in [0.15, 0.2) is 11.9 Å². The molecule has 15 N–H and O–H groups in total. The largest absolute Gasteiger partial charge is 0.508 e. The number of aliphatic imine (C=N–C) groups is 2. The molecule has 0 aliphatic carbocycles. The number of hydrogen-bond acceptors (Lipinski definition) is 11. The number of rotatable bonds is 26. The molecule has 0 aromatic heterocycles.